The molecule has 0 aliphatic heterocycles. The van der Waals surface area contributed by atoms with Gasteiger partial charge in [-0.3, -0.25) is 14.1 Å². The third-order valence-corrected chi connectivity index (χ3v) is 4.02. The highest BCUT2D eigenvalue weighted by molar-refractivity contribution is 7.85. The summed E-state index contributed by atoms with van der Waals surface area (Å²) in [4.78, 5) is 23.1. The average molecular weight is 315 g/mol. The summed E-state index contributed by atoms with van der Waals surface area (Å²) in [6, 6.07) is 5.02. The summed E-state index contributed by atoms with van der Waals surface area (Å²) in [5.74, 6) is -2.10. The molecule has 21 heavy (non-hydrogen) atoms. The van der Waals surface area contributed by atoms with E-state index >= 15 is 0 Å². The van der Waals surface area contributed by atoms with E-state index in [1.165, 1.54) is 31.4 Å². The van der Waals surface area contributed by atoms with Gasteiger partial charge in [-0.25, -0.2) is 0 Å². The molecule has 0 spiro atoms. The van der Waals surface area contributed by atoms with Gasteiger partial charge in [0, 0.05) is 11.6 Å². The SMILES string of the molecule is COC(=O)C(C)C(C)C(=O)Nc1ccc(S(=O)(=O)O)cc1. The number of esters is 1. The molecule has 7 nitrogen and oxygen atoms in total. The van der Waals surface area contributed by atoms with Gasteiger partial charge in [0.05, 0.1) is 17.9 Å². The Morgan fingerprint density at radius 1 is 1.14 bits per heavy atom. The molecule has 0 aromatic heterocycles. The van der Waals surface area contributed by atoms with Crippen molar-refractivity contribution < 1.29 is 27.3 Å². The normalized spacial score (nSPS) is 14.1. The predicted molar refractivity (Wildman–Crippen MR) is 75.2 cm³/mol. The van der Waals surface area contributed by atoms with Crippen molar-refractivity contribution in [1.82, 2.24) is 0 Å². The van der Waals surface area contributed by atoms with Crippen molar-refractivity contribution in [2.45, 2.75) is 18.7 Å². The van der Waals surface area contributed by atoms with E-state index in [-0.39, 0.29) is 4.90 Å². The summed E-state index contributed by atoms with van der Waals surface area (Å²) in [5.41, 5.74) is 0.358. The van der Waals surface area contributed by atoms with Crippen LogP contribution in [-0.4, -0.2) is 32.0 Å². The van der Waals surface area contributed by atoms with Crippen LogP contribution in [0.4, 0.5) is 5.69 Å². The van der Waals surface area contributed by atoms with E-state index in [1.807, 2.05) is 0 Å². The fraction of sp³-hybridized carbons (Fsp3) is 0.385. The van der Waals surface area contributed by atoms with Crippen LogP contribution in [0.3, 0.4) is 0 Å². The van der Waals surface area contributed by atoms with Gasteiger partial charge >= 0.3 is 5.97 Å². The Hall–Kier alpha value is -1.93. The highest BCUT2D eigenvalue weighted by Crippen LogP contribution is 2.18. The second-order valence-corrected chi connectivity index (χ2v) is 6.01. The minimum atomic E-state index is -4.27. The largest absolute Gasteiger partial charge is 0.469 e. The van der Waals surface area contributed by atoms with Crippen LogP contribution < -0.4 is 5.32 Å². The standard InChI is InChI=1S/C13H17NO6S/c1-8(9(2)13(16)20-3)12(15)14-10-4-6-11(7-5-10)21(17,18)19/h4-9H,1-3H3,(H,14,15)(H,17,18,19). The number of hydrogen-bond donors (Lipinski definition) is 2. The number of amides is 1. The van der Waals surface area contributed by atoms with Gasteiger partial charge in [-0.1, -0.05) is 13.8 Å². The van der Waals surface area contributed by atoms with Gasteiger partial charge in [0.25, 0.3) is 10.1 Å². The monoisotopic (exact) mass is 315 g/mol. The van der Waals surface area contributed by atoms with Crippen molar-refractivity contribution in [3.05, 3.63) is 24.3 Å². The minimum Gasteiger partial charge on any atom is -0.469 e. The van der Waals surface area contributed by atoms with Crippen LogP contribution in [0, 0.1) is 11.8 Å². The molecule has 116 valence electrons. The first-order valence-corrected chi connectivity index (χ1v) is 7.57. The Bertz CT molecular complexity index is 623. The van der Waals surface area contributed by atoms with Crippen LogP contribution in [-0.2, 0) is 24.4 Å². The van der Waals surface area contributed by atoms with Gasteiger partial charge in [0.2, 0.25) is 5.91 Å². The lowest BCUT2D eigenvalue weighted by atomic mass is 9.95. The molecule has 1 aromatic carbocycles. The van der Waals surface area contributed by atoms with Crippen LogP contribution in [0.1, 0.15) is 13.8 Å². The number of anilines is 1. The van der Waals surface area contributed by atoms with Crippen LogP contribution in [0.25, 0.3) is 0 Å². The number of rotatable bonds is 5. The van der Waals surface area contributed by atoms with Gasteiger partial charge < -0.3 is 10.1 Å². The van der Waals surface area contributed by atoms with Crippen molar-refractivity contribution in [2.24, 2.45) is 11.8 Å². The number of benzene rings is 1. The first kappa shape index (κ1) is 17.1. The van der Waals surface area contributed by atoms with E-state index < -0.39 is 33.8 Å². The molecule has 0 heterocycles. The van der Waals surface area contributed by atoms with Crippen LogP contribution in [0.5, 0.6) is 0 Å². The average Bonchev–Trinajstić information content (AvgIpc) is 2.44. The summed E-state index contributed by atoms with van der Waals surface area (Å²) < 4.78 is 35.2. The maximum absolute atomic E-state index is 12.0. The minimum absolute atomic E-state index is 0.267. The molecule has 0 aliphatic rings. The first-order chi connectivity index (χ1) is 9.66. The van der Waals surface area contributed by atoms with Gasteiger partial charge in [0.1, 0.15) is 0 Å². The van der Waals surface area contributed by atoms with Gasteiger partial charge in [0.15, 0.2) is 0 Å². The molecular weight excluding hydrogens is 298 g/mol. The molecule has 0 saturated heterocycles. The van der Waals surface area contributed by atoms with Gasteiger partial charge in [-0.2, -0.15) is 8.42 Å². The smallest absolute Gasteiger partial charge is 0.309 e. The molecule has 1 amide bonds. The van der Waals surface area contributed by atoms with Crippen LogP contribution >= 0.6 is 0 Å². The Morgan fingerprint density at radius 2 is 1.67 bits per heavy atom. The zero-order valence-corrected chi connectivity index (χ0v) is 12.7. The van der Waals surface area contributed by atoms with Crippen molar-refractivity contribution in [3.8, 4) is 0 Å². The predicted octanol–water partition coefficient (Wildman–Crippen LogP) is 1.32. The van der Waals surface area contributed by atoms with Crippen molar-refractivity contribution in [2.75, 3.05) is 12.4 Å². The lowest BCUT2D eigenvalue weighted by Gasteiger charge is -2.17. The van der Waals surface area contributed by atoms with Gasteiger partial charge in [-0.05, 0) is 24.3 Å². The van der Waals surface area contributed by atoms with Crippen molar-refractivity contribution >= 4 is 27.7 Å². The van der Waals surface area contributed by atoms with E-state index in [1.54, 1.807) is 13.8 Å². The van der Waals surface area contributed by atoms with E-state index in [0.29, 0.717) is 5.69 Å². The number of carbonyl (C=O) groups excluding carboxylic acids is 2. The third kappa shape index (κ3) is 4.54. The molecule has 0 bridgehead atoms. The first-order valence-electron chi connectivity index (χ1n) is 6.13. The molecular formula is C13H17NO6S. The third-order valence-electron chi connectivity index (χ3n) is 3.16. The number of ether oxygens (including phenoxy) is 1. The highest BCUT2D eigenvalue weighted by Gasteiger charge is 2.26. The quantitative estimate of drug-likeness (QED) is 0.626. The summed E-state index contributed by atoms with van der Waals surface area (Å²) >= 11 is 0. The molecule has 2 atom stereocenters. The maximum atomic E-state index is 12.0. The van der Waals surface area contributed by atoms with Crippen molar-refractivity contribution in [3.63, 3.8) is 0 Å². The molecule has 0 aliphatic carbocycles. The summed E-state index contributed by atoms with van der Waals surface area (Å²) in [5, 5.41) is 2.56. The number of carbonyl (C=O) groups is 2. The Labute approximate surface area is 123 Å². The molecule has 2 N–H and O–H groups in total. The second-order valence-electron chi connectivity index (χ2n) is 4.59. The van der Waals surface area contributed by atoms with Crippen molar-refractivity contribution in [1.29, 1.82) is 0 Å². The Morgan fingerprint density at radius 3 is 2.10 bits per heavy atom. The summed E-state index contributed by atoms with van der Waals surface area (Å²) in [6.45, 7) is 3.17. The molecule has 1 aromatic rings. The Kier molecular flexibility index (Phi) is 5.45. The highest BCUT2D eigenvalue weighted by atomic mass is 32.2. The zero-order valence-electron chi connectivity index (χ0n) is 11.9. The van der Waals surface area contributed by atoms with Crippen LogP contribution in [0.2, 0.25) is 0 Å². The summed E-state index contributed by atoms with van der Waals surface area (Å²) in [6.07, 6.45) is 0. The molecule has 0 fully saturated rings. The van der Waals surface area contributed by atoms with E-state index in [0.717, 1.165) is 0 Å². The lowest BCUT2D eigenvalue weighted by Crippen LogP contribution is -2.30. The van der Waals surface area contributed by atoms with Gasteiger partial charge in [-0.15, -0.1) is 0 Å². The number of methoxy groups -OCH3 is 1. The number of nitrogens with one attached hydrogen (secondary N) is 1. The van der Waals surface area contributed by atoms with Crippen LogP contribution in [0.15, 0.2) is 29.2 Å². The number of hydrogen-bond acceptors (Lipinski definition) is 5. The molecule has 1 rings (SSSR count). The molecule has 0 radical (unpaired) electrons. The van der Waals surface area contributed by atoms with E-state index in [2.05, 4.69) is 10.1 Å². The Balaban J connectivity index is 2.77. The van der Waals surface area contributed by atoms with E-state index in [9.17, 15) is 18.0 Å². The second kappa shape index (κ2) is 6.68. The molecule has 2 unspecified atom stereocenters. The maximum Gasteiger partial charge on any atom is 0.309 e. The molecule has 0 saturated carbocycles. The molecule has 8 heteroatoms. The zero-order chi connectivity index (χ0) is 16.2. The fourth-order valence-corrected chi connectivity index (χ4v) is 2.06. The summed E-state index contributed by atoms with van der Waals surface area (Å²) in [7, 11) is -3.02. The lowest BCUT2D eigenvalue weighted by molar-refractivity contribution is -0.148. The van der Waals surface area contributed by atoms with E-state index in [4.69, 9.17) is 4.55 Å². The fourth-order valence-electron chi connectivity index (χ4n) is 1.58. The topological polar surface area (TPSA) is 110 Å².